The summed E-state index contributed by atoms with van der Waals surface area (Å²) >= 11 is 0. The highest BCUT2D eigenvalue weighted by atomic mass is 16.7. The molecule has 0 amide bonds. The molecule has 1 rings (SSSR count). The third-order valence-corrected chi connectivity index (χ3v) is 1.78. The van der Waals surface area contributed by atoms with Gasteiger partial charge in [0.15, 0.2) is 6.29 Å². The highest BCUT2D eigenvalue weighted by Gasteiger charge is 2.12. The highest BCUT2D eigenvalue weighted by molar-refractivity contribution is 5.53. The van der Waals surface area contributed by atoms with Gasteiger partial charge in [-0.05, 0) is 6.07 Å². The SMILES string of the molecule is COC(OC)c1ccccc1N=C=O. The third-order valence-electron chi connectivity index (χ3n) is 1.78. The molecule has 4 heteroatoms. The first-order valence-electron chi connectivity index (χ1n) is 4.06. The van der Waals surface area contributed by atoms with Crippen LogP contribution in [-0.4, -0.2) is 20.3 Å². The van der Waals surface area contributed by atoms with Crippen molar-refractivity contribution >= 4 is 11.8 Å². The lowest BCUT2D eigenvalue weighted by Crippen LogP contribution is -2.03. The summed E-state index contributed by atoms with van der Waals surface area (Å²) in [5.74, 6) is 0. The fourth-order valence-electron chi connectivity index (χ4n) is 1.19. The van der Waals surface area contributed by atoms with Crippen LogP contribution < -0.4 is 0 Å². The first kappa shape index (κ1) is 10.6. The zero-order valence-corrected chi connectivity index (χ0v) is 8.06. The van der Waals surface area contributed by atoms with E-state index in [0.717, 1.165) is 0 Å². The van der Waals surface area contributed by atoms with E-state index in [9.17, 15) is 4.79 Å². The average molecular weight is 193 g/mol. The third kappa shape index (κ3) is 2.26. The number of rotatable bonds is 4. The summed E-state index contributed by atoms with van der Waals surface area (Å²) in [6.07, 6.45) is 0.981. The molecule has 0 radical (unpaired) electrons. The lowest BCUT2D eigenvalue weighted by atomic mass is 10.2. The number of aliphatic imine (C=N–C) groups is 1. The number of nitrogens with zero attached hydrogens (tertiary/aromatic N) is 1. The fourth-order valence-corrected chi connectivity index (χ4v) is 1.19. The van der Waals surface area contributed by atoms with Crippen LogP contribution in [0.5, 0.6) is 0 Å². The van der Waals surface area contributed by atoms with E-state index < -0.39 is 6.29 Å². The maximum Gasteiger partial charge on any atom is 0.240 e. The predicted molar refractivity (Wildman–Crippen MR) is 51.0 cm³/mol. The number of isocyanates is 1. The van der Waals surface area contributed by atoms with Crippen LogP contribution in [0, 0.1) is 0 Å². The Morgan fingerprint density at radius 3 is 2.50 bits per heavy atom. The monoisotopic (exact) mass is 193 g/mol. The number of carbonyl (C=O) groups excluding carboxylic acids is 1. The van der Waals surface area contributed by atoms with Crippen molar-refractivity contribution in [3.05, 3.63) is 29.8 Å². The second-order valence-corrected chi connectivity index (χ2v) is 2.57. The van der Waals surface area contributed by atoms with Crippen LogP contribution in [0.25, 0.3) is 0 Å². The quantitative estimate of drug-likeness (QED) is 0.417. The van der Waals surface area contributed by atoms with Gasteiger partial charge < -0.3 is 9.47 Å². The van der Waals surface area contributed by atoms with Crippen LogP contribution in [-0.2, 0) is 14.3 Å². The van der Waals surface area contributed by atoms with E-state index >= 15 is 0 Å². The molecule has 0 bridgehead atoms. The smallest absolute Gasteiger partial charge is 0.240 e. The minimum absolute atomic E-state index is 0.510. The number of ether oxygens (including phenoxy) is 2. The molecule has 0 aromatic heterocycles. The van der Waals surface area contributed by atoms with E-state index in [1.807, 2.05) is 6.07 Å². The van der Waals surface area contributed by atoms with E-state index in [4.69, 9.17) is 9.47 Å². The second kappa shape index (κ2) is 5.29. The first-order chi connectivity index (χ1) is 6.83. The summed E-state index contributed by atoms with van der Waals surface area (Å²) in [5.41, 5.74) is 1.22. The summed E-state index contributed by atoms with van der Waals surface area (Å²) < 4.78 is 10.1. The molecule has 0 atom stereocenters. The minimum atomic E-state index is -0.511. The highest BCUT2D eigenvalue weighted by Crippen LogP contribution is 2.27. The Labute approximate surface area is 82.2 Å². The van der Waals surface area contributed by atoms with Gasteiger partial charge >= 0.3 is 0 Å². The summed E-state index contributed by atoms with van der Waals surface area (Å²) in [7, 11) is 3.05. The van der Waals surface area contributed by atoms with Gasteiger partial charge in [-0.25, -0.2) is 4.79 Å². The Bertz CT molecular complexity index is 341. The van der Waals surface area contributed by atoms with Crippen LogP contribution in [0.15, 0.2) is 29.3 Å². The Hall–Kier alpha value is -1.48. The molecule has 0 saturated heterocycles. The summed E-state index contributed by atoms with van der Waals surface area (Å²) in [5, 5.41) is 0. The molecule has 4 nitrogen and oxygen atoms in total. The Morgan fingerprint density at radius 1 is 1.29 bits per heavy atom. The molecule has 0 spiro atoms. The topological polar surface area (TPSA) is 47.9 Å². The standard InChI is InChI=1S/C10H11NO3/c1-13-10(14-2)8-5-3-4-6-9(8)11-7-12/h3-6,10H,1-2H3. The van der Waals surface area contributed by atoms with Crippen molar-refractivity contribution in [1.29, 1.82) is 0 Å². The van der Waals surface area contributed by atoms with Gasteiger partial charge in [0.25, 0.3) is 0 Å². The molecular weight excluding hydrogens is 182 g/mol. The first-order valence-corrected chi connectivity index (χ1v) is 4.06. The van der Waals surface area contributed by atoms with Crippen molar-refractivity contribution in [3.8, 4) is 0 Å². The van der Waals surface area contributed by atoms with Crippen molar-refractivity contribution in [3.63, 3.8) is 0 Å². The van der Waals surface area contributed by atoms with E-state index in [-0.39, 0.29) is 0 Å². The Kier molecular flexibility index (Phi) is 4.01. The molecule has 0 aliphatic carbocycles. The molecule has 74 valence electrons. The zero-order chi connectivity index (χ0) is 10.4. The van der Waals surface area contributed by atoms with E-state index in [1.165, 1.54) is 20.3 Å². The lowest BCUT2D eigenvalue weighted by Gasteiger charge is -2.14. The number of benzene rings is 1. The van der Waals surface area contributed by atoms with E-state index in [0.29, 0.717) is 11.3 Å². The number of para-hydroxylation sites is 1. The molecule has 0 aliphatic rings. The van der Waals surface area contributed by atoms with Gasteiger partial charge in [0.05, 0.1) is 5.69 Å². The number of methoxy groups -OCH3 is 2. The van der Waals surface area contributed by atoms with Gasteiger partial charge in [-0.15, -0.1) is 0 Å². The molecule has 0 aliphatic heterocycles. The summed E-state index contributed by atoms with van der Waals surface area (Å²) in [6.45, 7) is 0. The minimum Gasteiger partial charge on any atom is -0.352 e. The number of hydrogen-bond acceptors (Lipinski definition) is 4. The predicted octanol–water partition coefficient (Wildman–Crippen LogP) is 1.95. The fraction of sp³-hybridized carbons (Fsp3) is 0.300. The second-order valence-electron chi connectivity index (χ2n) is 2.57. The molecule has 1 aromatic carbocycles. The van der Waals surface area contributed by atoms with E-state index in [1.54, 1.807) is 18.2 Å². The molecule has 14 heavy (non-hydrogen) atoms. The zero-order valence-electron chi connectivity index (χ0n) is 8.06. The van der Waals surface area contributed by atoms with Gasteiger partial charge in [-0.1, -0.05) is 18.2 Å². The normalized spacial score (nSPS) is 9.93. The molecular formula is C10H11NO3. The van der Waals surface area contributed by atoms with Crippen molar-refractivity contribution in [1.82, 2.24) is 0 Å². The van der Waals surface area contributed by atoms with Crippen molar-refractivity contribution in [2.45, 2.75) is 6.29 Å². The van der Waals surface area contributed by atoms with Gasteiger partial charge in [-0.2, -0.15) is 4.99 Å². The van der Waals surface area contributed by atoms with E-state index in [2.05, 4.69) is 4.99 Å². The Balaban J connectivity index is 3.10. The van der Waals surface area contributed by atoms with Crippen molar-refractivity contribution in [2.24, 2.45) is 4.99 Å². The summed E-state index contributed by atoms with van der Waals surface area (Å²) in [4.78, 5) is 13.7. The molecule has 0 unspecified atom stereocenters. The summed E-state index contributed by atoms with van der Waals surface area (Å²) in [6, 6.07) is 7.09. The van der Waals surface area contributed by atoms with Crippen LogP contribution in [0.1, 0.15) is 11.9 Å². The van der Waals surface area contributed by atoms with Crippen LogP contribution in [0.4, 0.5) is 5.69 Å². The van der Waals surface area contributed by atoms with Crippen LogP contribution in [0.3, 0.4) is 0 Å². The molecule has 0 N–H and O–H groups in total. The van der Waals surface area contributed by atoms with Crippen molar-refractivity contribution in [2.75, 3.05) is 14.2 Å². The molecule has 0 heterocycles. The Morgan fingerprint density at radius 2 is 1.93 bits per heavy atom. The number of hydrogen-bond donors (Lipinski definition) is 0. The maximum atomic E-state index is 10.2. The molecule has 0 saturated carbocycles. The van der Waals surface area contributed by atoms with Crippen LogP contribution in [0.2, 0.25) is 0 Å². The lowest BCUT2D eigenvalue weighted by molar-refractivity contribution is -0.105. The van der Waals surface area contributed by atoms with Crippen LogP contribution >= 0.6 is 0 Å². The van der Waals surface area contributed by atoms with Crippen molar-refractivity contribution < 1.29 is 14.3 Å². The van der Waals surface area contributed by atoms with Gasteiger partial charge in [0.1, 0.15) is 0 Å². The largest absolute Gasteiger partial charge is 0.352 e. The van der Waals surface area contributed by atoms with Gasteiger partial charge in [0, 0.05) is 19.8 Å². The molecule has 0 fully saturated rings. The average Bonchev–Trinajstić information content (AvgIpc) is 2.23. The van der Waals surface area contributed by atoms with Gasteiger partial charge in [0.2, 0.25) is 6.08 Å². The molecule has 1 aromatic rings. The maximum absolute atomic E-state index is 10.2. The van der Waals surface area contributed by atoms with Gasteiger partial charge in [-0.3, -0.25) is 0 Å².